The average Bonchev–Trinajstić information content (AvgIpc) is 2.32. The fraction of sp³-hybridized carbons (Fsp3) is 0.333. The first-order valence-electron chi connectivity index (χ1n) is 5.61. The predicted octanol–water partition coefficient (Wildman–Crippen LogP) is 1.61. The van der Waals surface area contributed by atoms with Gasteiger partial charge in [0.25, 0.3) is 0 Å². The van der Waals surface area contributed by atoms with Crippen LogP contribution in [-0.4, -0.2) is 34.9 Å². The molecule has 19 heavy (non-hydrogen) atoms. The van der Waals surface area contributed by atoms with Crippen LogP contribution in [0.5, 0.6) is 0 Å². The molecule has 7 heteroatoms. The molecular weight excluding hydrogens is 272 g/mol. The summed E-state index contributed by atoms with van der Waals surface area (Å²) in [6, 6.07) is 3.15. The number of carboxylic acids is 1. The number of carbonyl (C=O) groups excluding carboxylic acids is 1. The number of nitrogens with one attached hydrogen (secondary N) is 2. The molecular formula is C12H15ClN2O4. The Labute approximate surface area is 115 Å². The molecule has 1 unspecified atom stereocenters. The van der Waals surface area contributed by atoms with E-state index in [1.807, 2.05) is 0 Å². The Morgan fingerprint density at radius 1 is 1.42 bits per heavy atom. The zero-order valence-corrected chi connectivity index (χ0v) is 11.1. The van der Waals surface area contributed by atoms with Crippen molar-refractivity contribution in [2.45, 2.75) is 19.4 Å². The quantitative estimate of drug-likeness (QED) is 0.661. The van der Waals surface area contributed by atoms with Gasteiger partial charge in [-0.25, -0.2) is 9.59 Å². The fourth-order valence-corrected chi connectivity index (χ4v) is 1.70. The van der Waals surface area contributed by atoms with Crippen LogP contribution in [-0.2, 0) is 4.79 Å². The van der Waals surface area contributed by atoms with Crippen LogP contribution < -0.4 is 10.6 Å². The highest BCUT2D eigenvalue weighted by Crippen LogP contribution is 2.19. The van der Waals surface area contributed by atoms with E-state index in [0.717, 1.165) is 5.56 Å². The van der Waals surface area contributed by atoms with E-state index in [1.54, 1.807) is 25.1 Å². The van der Waals surface area contributed by atoms with Crippen molar-refractivity contribution >= 4 is 29.3 Å². The van der Waals surface area contributed by atoms with Gasteiger partial charge in [-0.1, -0.05) is 11.6 Å². The minimum atomic E-state index is -1.20. The zero-order chi connectivity index (χ0) is 14.4. The molecule has 0 aliphatic rings. The van der Waals surface area contributed by atoms with E-state index < -0.39 is 18.0 Å². The number of rotatable bonds is 5. The molecule has 0 bridgehead atoms. The van der Waals surface area contributed by atoms with Gasteiger partial charge in [-0.15, -0.1) is 0 Å². The molecule has 1 atom stereocenters. The number of aryl methyl sites for hydroxylation is 1. The molecule has 6 nitrogen and oxygen atoms in total. The molecule has 0 radical (unpaired) electrons. The standard InChI is InChI=1S/C12H15ClN2O4/c1-7-6-8(13)2-3-9(7)14-12(19)15-10(4-5-16)11(17)18/h2-3,6,10,16H,4-5H2,1H3,(H,17,18)(H2,14,15,19). The predicted molar refractivity (Wildman–Crippen MR) is 71.5 cm³/mol. The van der Waals surface area contributed by atoms with E-state index in [9.17, 15) is 9.59 Å². The number of anilines is 1. The molecule has 1 aromatic rings. The number of aliphatic hydroxyl groups is 1. The second-order valence-electron chi connectivity index (χ2n) is 3.96. The van der Waals surface area contributed by atoms with E-state index in [2.05, 4.69) is 10.6 Å². The number of carbonyl (C=O) groups is 2. The third kappa shape index (κ3) is 4.76. The lowest BCUT2D eigenvalue weighted by atomic mass is 10.2. The van der Waals surface area contributed by atoms with Gasteiger partial charge in [0, 0.05) is 23.7 Å². The van der Waals surface area contributed by atoms with Crippen molar-refractivity contribution in [3.8, 4) is 0 Å². The van der Waals surface area contributed by atoms with E-state index in [-0.39, 0.29) is 13.0 Å². The van der Waals surface area contributed by atoms with Crippen LogP contribution in [0.3, 0.4) is 0 Å². The summed E-state index contributed by atoms with van der Waals surface area (Å²) in [5.74, 6) is -1.20. The third-order valence-electron chi connectivity index (χ3n) is 2.46. The monoisotopic (exact) mass is 286 g/mol. The van der Waals surface area contributed by atoms with Gasteiger partial charge in [0.1, 0.15) is 6.04 Å². The number of aliphatic carboxylic acids is 1. The molecule has 1 aromatic carbocycles. The van der Waals surface area contributed by atoms with Crippen LogP contribution in [0.4, 0.5) is 10.5 Å². The molecule has 2 amide bonds. The van der Waals surface area contributed by atoms with Gasteiger partial charge in [0.15, 0.2) is 0 Å². The molecule has 0 aliphatic carbocycles. The van der Waals surface area contributed by atoms with Crippen LogP contribution in [0, 0.1) is 6.92 Å². The maximum Gasteiger partial charge on any atom is 0.326 e. The minimum Gasteiger partial charge on any atom is -0.480 e. The smallest absolute Gasteiger partial charge is 0.326 e. The van der Waals surface area contributed by atoms with E-state index in [4.69, 9.17) is 21.8 Å². The summed E-state index contributed by atoms with van der Waals surface area (Å²) in [7, 11) is 0. The van der Waals surface area contributed by atoms with Crippen molar-refractivity contribution in [2.24, 2.45) is 0 Å². The van der Waals surface area contributed by atoms with Crippen LogP contribution in [0.2, 0.25) is 5.02 Å². The Kier molecular flexibility index (Phi) is 5.59. The minimum absolute atomic E-state index is 0.0532. The first-order chi connectivity index (χ1) is 8.93. The van der Waals surface area contributed by atoms with Gasteiger partial charge in [0.2, 0.25) is 0 Å². The molecule has 0 saturated carbocycles. The van der Waals surface area contributed by atoms with Gasteiger partial charge >= 0.3 is 12.0 Å². The Morgan fingerprint density at radius 2 is 2.11 bits per heavy atom. The topological polar surface area (TPSA) is 98.7 Å². The number of halogens is 1. The molecule has 0 saturated heterocycles. The largest absolute Gasteiger partial charge is 0.480 e. The van der Waals surface area contributed by atoms with E-state index in [0.29, 0.717) is 10.7 Å². The van der Waals surface area contributed by atoms with Gasteiger partial charge in [-0.05, 0) is 30.7 Å². The summed E-state index contributed by atoms with van der Waals surface area (Å²) < 4.78 is 0. The van der Waals surface area contributed by atoms with E-state index in [1.165, 1.54) is 0 Å². The second kappa shape index (κ2) is 6.96. The summed E-state index contributed by atoms with van der Waals surface area (Å²) in [6.07, 6.45) is -0.0532. The van der Waals surface area contributed by atoms with Crippen LogP contribution in [0.15, 0.2) is 18.2 Å². The van der Waals surface area contributed by atoms with Crippen molar-refractivity contribution in [3.63, 3.8) is 0 Å². The number of amides is 2. The third-order valence-corrected chi connectivity index (χ3v) is 2.69. The lowest BCUT2D eigenvalue weighted by Gasteiger charge is -2.15. The molecule has 0 fully saturated rings. The van der Waals surface area contributed by atoms with Crippen molar-refractivity contribution in [1.82, 2.24) is 5.32 Å². The van der Waals surface area contributed by atoms with E-state index >= 15 is 0 Å². The van der Waals surface area contributed by atoms with Crippen molar-refractivity contribution in [3.05, 3.63) is 28.8 Å². The number of benzene rings is 1. The molecule has 1 rings (SSSR count). The molecule has 4 N–H and O–H groups in total. The van der Waals surface area contributed by atoms with Crippen molar-refractivity contribution in [2.75, 3.05) is 11.9 Å². The summed E-state index contributed by atoms with van der Waals surface area (Å²) in [5.41, 5.74) is 1.30. The summed E-state index contributed by atoms with van der Waals surface area (Å²) in [6.45, 7) is 1.45. The summed E-state index contributed by atoms with van der Waals surface area (Å²) in [4.78, 5) is 22.5. The van der Waals surface area contributed by atoms with Crippen LogP contribution >= 0.6 is 11.6 Å². The molecule has 0 spiro atoms. The Balaban J connectivity index is 2.66. The van der Waals surface area contributed by atoms with Crippen LogP contribution in [0.1, 0.15) is 12.0 Å². The maximum absolute atomic E-state index is 11.6. The van der Waals surface area contributed by atoms with Gasteiger partial charge in [-0.2, -0.15) is 0 Å². The van der Waals surface area contributed by atoms with Gasteiger partial charge in [-0.3, -0.25) is 0 Å². The average molecular weight is 287 g/mol. The Bertz CT molecular complexity index is 479. The highest BCUT2D eigenvalue weighted by molar-refractivity contribution is 6.30. The second-order valence-corrected chi connectivity index (χ2v) is 4.40. The summed E-state index contributed by atoms with van der Waals surface area (Å²) >= 11 is 5.79. The van der Waals surface area contributed by atoms with Gasteiger partial charge < -0.3 is 20.8 Å². The number of hydrogen-bond acceptors (Lipinski definition) is 3. The normalized spacial score (nSPS) is 11.7. The van der Waals surface area contributed by atoms with Crippen molar-refractivity contribution < 1.29 is 19.8 Å². The molecule has 104 valence electrons. The lowest BCUT2D eigenvalue weighted by molar-refractivity contribution is -0.139. The van der Waals surface area contributed by atoms with Gasteiger partial charge in [0.05, 0.1) is 0 Å². The maximum atomic E-state index is 11.6. The molecule has 0 heterocycles. The summed E-state index contributed by atoms with van der Waals surface area (Å²) in [5, 5.41) is 22.9. The lowest BCUT2D eigenvalue weighted by Crippen LogP contribution is -2.43. The Hall–Kier alpha value is -1.79. The molecule has 0 aromatic heterocycles. The number of aliphatic hydroxyl groups excluding tert-OH is 1. The SMILES string of the molecule is Cc1cc(Cl)ccc1NC(=O)NC(CCO)C(=O)O. The molecule has 0 aliphatic heterocycles. The Morgan fingerprint density at radius 3 is 2.63 bits per heavy atom. The number of urea groups is 1. The first kappa shape index (κ1) is 15.3. The van der Waals surface area contributed by atoms with Crippen molar-refractivity contribution in [1.29, 1.82) is 0 Å². The highest BCUT2D eigenvalue weighted by atomic mass is 35.5. The van der Waals surface area contributed by atoms with Crippen LogP contribution in [0.25, 0.3) is 0 Å². The zero-order valence-electron chi connectivity index (χ0n) is 10.3. The number of hydrogen-bond donors (Lipinski definition) is 4. The highest BCUT2D eigenvalue weighted by Gasteiger charge is 2.19. The number of carboxylic acid groups (broad SMARTS) is 1. The first-order valence-corrected chi connectivity index (χ1v) is 5.99. The fourth-order valence-electron chi connectivity index (χ4n) is 1.47.